The molecule has 0 radical (unpaired) electrons. The van der Waals surface area contributed by atoms with Gasteiger partial charge in [-0.05, 0) is 45.4 Å². The smallest absolute Gasteiger partial charge is 0.306 e. The number of carbonyl (C=O) groups excluding carboxylic acids is 1. The van der Waals surface area contributed by atoms with E-state index in [-0.39, 0.29) is 5.97 Å². The standard InChI is InChI=1S/C15H29N3O2/c1-20-15(19)5-10-18-13-11-17(12-14-18)9-4-8-16-6-2-3-7-16/h2-14H2,1H3. The van der Waals surface area contributed by atoms with Crippen molar-refractivity contribution in [3.8, 4) is 0 Å². The predicted octanol–water partition coefficient (Wildman–Crippen LogP) is 0.653. The predicted molar refractivity (Wildman–Crippen MR) is 79.8 cm³/mol. The summed E-state index contributed by atoms with van der Waals surface area (Å²) >= 11 is 0. The van der Waals surface area contributed by atoms with Crippen LogP contribution in [-0.4, -0.2) is 86.7 Å². The van der Waals surface area contributed by atoms with Gasteiger partial charge in [0.1, 0.15) is 0 Å². The van der Waals surface area contributed by atoms with Crippen LogP contribution in [-0.2, 0) is 9.53 Å². The summed E-state index contributed by atoms with van der Waals surface area (Å²) in [6.07, 6.45) is 4.59. The molecule has 0 unspecified atom stereocenters. The second-order valence-electron chi connectivity index (χ2n) is 5.91. The molecule has 0 amide bonds. The highest BCUT2D eigenvalue weighted by Gasteiger charge is 2.18. The fraction of sp³-hybridized carbons (Fsp3) is 0.933. The van der Waals surface area contributed by atoms with Gasteiger partial charge in [0.05, 0.1) is 13.5 Å². The van der Waals surface area contributed by atoms with E-state index in [0.29, 0.717) is 6.42 Å². The molecule has 0 N–H and O–H groups in total. The van der Waals surface area contributed by atoms with E-state index in [9.17, 15) is 4.79 Å². The fourth-order valence-electron chi connectivity index (χ4n) is 3.11. The van der Waals surface area contributed by atoms with Crippen molar-refractivity contribution in [2.75, 3.05) is 66.0 Å². The number of hydrogen-bond acceptors (Lipinski definition) is 5. The van der Waals surface area contributed by atoms with E-state index >= 15 is 0 Å². The maximum Gasteiger partial charge on any atom is 0.306 e. The number of rotatable bonds is 7. The molecule has 0 bridgehead atoms. The van der Waals surface area contributed by atoms with Crippen molar-refractivity contribution in [1.82, 2.24) is 14.7 Å². The topological polar surface area (TPSA) is 36.0 Å². The molecular formula is C15H29N3O2. The van der Waals surface area contributed by atoms with E-state index in [4.69, 9.17) is 0 Å². The summed E-state index contributed by atoms with van der Waals surface area (Å²) in [6.45, 7) is 10.4. The second-order valence-corrected chi connectivity index (χ2v) is 5.91. The molecule has 2 aliphatic rings. The second kappa shape index (κ2) is 8.60. The van der Waals surface area contributed by atoms with Gasteiger partial charge in [-0.2, -0.15) is 0 Å². The molecule has 0 saturated carbocycles. The van der Waals surface area contributed by atoms with Crippen molar-refractivity contribution in [2.24, 2.45) is 0 Å². The Hall–Kier alpha value is -0.650. The maximum absolute atomic E-state index is 11.1. The minimum Gasteiger partial charge on any atom is -0.469 e. The fourth-order valence-corrected chi connectivity index (χ4v) is 3.11. The van der Waals surface area contributed by atoms with Crippen LogP contribution in [0.25, 0.3) is 0 Å². The zero-order chi connectivity index (χ0) is 14.2. The molecule has 2 heterocycles. The van der Waals surface area contributed by atoms with Crippen molar-refractivity contribution >= 4 is 5.97 Å². The maximum atomic E-state index is 11.1. The van der Waals surface area contributed by atoms with Crippen LogP contribution in [0.5, 0.6) is 0 Å². The molecule has 20 heavy (non-hydrogen) atoms. The van der Waals surface area contributed by atoms with Gasteiger partial charge in [0.15, 0.2) is 0 Å². The van der Waals surface area contributed by atoms with Crippen molar-refractivity contribution in [3.63, 3.8) is 0 Å². The van der Waals surface area contributed by atoms with E-state index in [2.05, 4.69) is 19.4 Å². The Morgan fingerprint density at radius 3 is 1.90 bits per heavy atom. The van der Waals surface area contributed by atoms with E-state index in [1.807, 2.05) is 0 Å². The monoisotopic (exact) mass is 283 g/mol. The van der Waals surface area contributed by atoms with E-state index in [1.54, 1.807) is 0 Å². The van der Waals surface area contributed by atoms with Crippen LogP contribution < -0.4 is 0 Å². The Labute approximate surface area is 122 Å². The molecule has 116 valence electrons. The summed E-state index contributed by atoms with van der Waals surface area (Å²) in [5.74, 6) is -0.0990. The van der Waals surface area contributed by atoms with Crippen LogP contribution in [0, 0.1) is 0 Å². The van der Waals surface area contributed by atoms with Crippen LogP contribution in [0.15, 0.2) is 0 Å². The number of hydrogen-bond donors (Lipinski definition) is 0. The molecule has 0 aliphatic carbocycles. The van der Waals surface area contributed by atoms with Crippen molar-refractivity contribution in [2.45, 2.75) is 25.7 Å². The number of methoxy groups -OCH3 is 1. The first-order chi connectivity index (χ1) is 9.78. The van der Waals surface area contributed by atoms with Gasteiger partial charge in [-0.15, -0.1) is 0 Å². The van der Waals surface area contributed by atoms with E-state index in [0.717, 1.165) is 32.7 Å². The molecular weight excluding hydrogens is 254 g/mol. The molecule has 5 heteroatoms. The number of carbonyl (C=O) groups is 1. The van der Waals surface area contributed by atoms with Gasteiger partial charge in [-0.25, -0.2) is 0 Å². The van der Waals surface area contributed by atoms with Crippen LogP contribution in [0.1, 0.15) is 25.7 Å². The lowest BCUT2D eigenvalue weighted by Gasteiger charge is -2.34. The third kappa shape index (κ3) is 5.38. The van der Waals surface area contributed by atoms with Gasteiger partial charge in [-0.1, -0.05) is 0 Å². The first-order valence-corrected chi connectivity index (χ1v) is 8.02. The summed E-state index contributed by atoms with van der Waals surface area (Å²) in [5.41, 5.74) is 0. The summed E-state index contributed by atoms with van der Waals surface area (Å²) in [5, 5.41) is 0. The summed E-state index contributed by atoms with van der Waals surface area (Å²) in [4.78, 5) is 18.6. The van der Waals surface area contributed by atoms with Crippen LogP contribution in [0.3, 0.4) is 0 Å². The minimum absolute atomic E-state index is 0.0990. The van der Waals surface area contributed by atoms with Gasteiger partial charge < -0.3 is 19.4 Å². The highest BCUT2D eigenvalue weighted by atomic mass is 16.5. The first-order valence-electron chi connectivity index (χ1n) is 8.02. The molecule has 2 fully saturated rings. The average molecular weight is 283 g/mol. The molecule has 0 aromatic carbocycles. The molecule has 2 rings (SSSR count). The number of ether oxygens (including phenoxy) is 1. The van der Waals surface area contributed by atoms with Crippen LogP contribution in [0.4, 0.5) is 0 Å². The molecule has 2 aliphatic heterocycles. The summed E-state index contributed by atoms with van der Waals surface area (Å²) in [6, 6.07) is 0. The van der Waals surface area contributed by atoms with Crippen molar-refractivity contribution in [1.29, 1.82) is 0 Å². The van der Waals surface area contributed by atoms with Gasteiger partial charge in [0, 0.05) is 32.7 Å². The first kappa shape index (κ1) is 15.7. The molecule has 2 saturated heterocycles. The number of nitrogens with zero attached hydrogens (tertiary/aromatic N) is 3. The number of likely N-dealkylation sites (tertiary alicyclic amines) is 1. The van der Waals surface area contributed by atoms with Crippen LogP contribution in [0.2, 0.25) is 0 Å². The molecule has 0 aromatic heterocycles. The summed E-state index contributed by atoms with van der Waals surface area (Å²) < 4.78 is 4.68. The Balaban J connectivity index is 1.51. The lowest BCUT2D eigenvalue weighted by atomic mass is 10.2. The largest absolute Gasteiger partial charge is 0.469 e. The third-order valence-corrected chi connectivity index (χ3v) is 4.47. The molecule has 0 atom stereocenters. The van der Waals surface area contributed by atoms with E-state index < -0.39 is 0 Å². The zero-order valence-electron chi connectivity index (χ0n) is 12.9. The van der Waals surface area contributed by atoms with E-state index in [1.165, 1.54) is 52.6 Å². The van der Waals surface area contributed by atoms with Gasteiger partial charge in [-0.3, -0.25) is 4.79 Å². The minimum atomic E-state index is -0.0990. The Morgan fingerprint density at radius 1 is 0.850 bits per heavy atom. The molecule has 0 spiro atoms. The highest BCUT2D eigenvalue weighted by molar-refractivity contribution is 5.69. The van der Waals surface area contributed by atoms with Crippen molar-refractivity contribution in [3.05, 3.63) is 0 Å². The van der Waals surface area contributed by atoms with Gasteiger partial charge >= 0.3 is 5.97 Å². The van der Waals surface area contributed by atoms with Gasteiger partial charge in [0.25, 0.3) is 0 Å². The Bertz CT molecular complexity index is 285. The third-order valence-electron chi connectivity index (χ3n) is 4.47. The normalized spacial score (nSPS) is 22.2. The quantitative estimate of drug-likeness (QED) is 0.641. The lowest BCUT2D eigenvalue weighted by molar-refractivity contribution is -0.141. The van der Waals surface area contributed by atoms with Crippen molar-refractivity contribution < 1.29 is 9.53 Å². The molecule has 0 aromatic rings. The molecule has 5 nitrogen and oxygen atoms in total. The lowest BCUT2D eigenvalue weighted by Crippen LogP contribution is -2.47. The highest BCUT2D eigenvalue weighted by Crippen LogP contribution is 2.09. The SMILES string of the molecule is COC(=O)CCN1CCN(CCCN2CCCC2)CC1. The number of piperazine rings is 1. The summed E-state index contributed by atoms with van der Waals surface area (Å²) in [7, 11) is 1.46. The Morgan fingerprint density at radius 2 is 1.35 bits per heavy atom. The van der Waals surface area contributed by atoms with Gasteiger partial charge in [0.2, 0.25) is 0 Å². The number of esters is 1. The Kier molecular flexibility index (Phi) is 6.76. The van der Waals surface area contributed by atoms with Crippen LogP contribution >= 0.6 is 0 Å². The zero-order valence-corrected chi connectivity index (χ0v) is 12.9. The average Bonchev–Trinajstić information content (AvgIpc) is 2.99.